The Labute approximate surface area is 138 Å². The molecule has 118 valence electrons. The Hall–Kier alpha value is -1.63. The maximum absolute atomic E-state index is 12.3. The number of halogens is 1. The van der Waals surface area contributed by atoms with E-state index >= 15 is 0 Å². The van der Waals surface area contributed by atoms with E-state index in [2.05, 4.69) is 26.2 Å². The highest BCUT2D eigenvalue weighted by atomic mass is 79.9. The molecule has 7 heteroatoms. The summed E-state index contributed by atoms with van der Waals surface area (Å²) < 4.78 is 0.906. The lowest BCUT2D eigenvalue weighted by molar-refractivity contribution is -0.131. The predicted octanol–water partition coefficient (Wildman–Crippen LogP) is 2.13. The van der Waals surface area contributed by atoms with Gasteiger partial charge in [-0.3, -0.25) is 9.78 Å². The number of carbonyl (C=O) groups excluding carboxylic acids is 2. The third kappa shape index (κ3) is 3.40. The van der Waals surface area contributed by atoms with Crippen LogP contribution in [-0.4, -0.2) is 46.5 Å². The smallest absolute Gasteiger partial charge is 0.319 e. The fraction of sp³-hybridized carbons (Fsp3) is 0.533. The standard InChI is InChI=1S/C15H19BrN4O2/c1-10(13-5-4-12(16)8-17-13)18-15(22)20-7-6-19(9-20)14(21)11-2-3-11/h4-5,8,10-11H,2-3,6-7,9H2,1H3,(H,18,22). The van der Waals surface area contributed by atoms with Crippen LogP contribution >= 0.6 is 15.9 Å². The van der Waals surface area contributed by atoms with E-state index in [1.54, 1.807) is 16.0 Å². The van der Waals surface area contributed by atoms with E-state index < -0.39 is 0 Å². The molecule has 6 nitrogen and oxygen atoms in total. The molecular weight excluding hydrogens is 348 g/mol. The van der Waals surface area contributed by atoms with E-state index in [9.17, 15) is 9.59 Å². The monoisotopic (exact) mass is 366 g/mol. The molecule has 2 aliphatic rings. The summed E-state index contributed by atoms with van der Waals surface area (Å²) in [5, 5.41) is 2.93. The lowest BCUT2D eigenvalue weighted by atomic mass is 10.2. The van der Waals surface area contributed by atoms with Crippen LogP contribution in [0.4, 0.5) is 4.79 Å². The minimum atomic E-state index is -0.172. The van der Waals surface area contributed by atoms with Crippen LogP contribution in [0.25, 0.3) is 0 Å². The number of pyridine rings is 1. The van der Waals surface area contributed by atoms with Gasteiger partial charge in [-0.15, -0.1) is 0 Å². The summed E-state index contributed by atoms with van der Waals surface area (Å²) >= 11 is 3.34. The molecule has 2 fully saturated rings. The third-order valence-corrected chi connectivity index (χ3v) is 4.51. The van der Waals surface area contributed by atoms with Crippen molar-refractivity contribution in [2.24, 2.45) is 5.92 Å². The Bertz CT molecular complexity index is 573. The maximum Gasteiger partial charge on any atom is 0.319 e. The molecule has 22 heavy (non-hydrogen) atoms. The molecule has 1 aromatic heterocycles. The van der Waals surface area contributed by atoms with Crippen molar-refractivity contribution in [1.29, 1.82) is 0 Å². The molecule has 1 aliphatic heterocycles. The van der Waals surface area contributed by atoms with Crippen molar-refractivity contribution in [2.75, 3.05) is 19.8 Å². The normalized spacial score (nSPS) is 19.2. The number of nitrogens with zero attached hydrogens (tertiary/aromatic N) is 3. The molecule has 1 saturated heterocycles. The molecule has 1 atom stereocenters. The molecule has 1 aliphatic carbocycles. The van der Waals surface area contributed by atoms with Gasteiger partial charge in [0.2, 0.25) is 5.91 Å². The molecular formula is C15H19BrN4O2. The zero-order valence-corrected chi connectivity index (χ0v) is 14.0. The zero-order valence-electron chi connectivity index (χ0n) is 12.5. The topological polar surface area (TPSA) is 65.5 Å². The van der Waals surface area contributed by atoms with Crippen LogP contribution in [-0.2, 0) is 4.79 Å². The maximum atomic E-state index is 12.3. The average Bonchev–Trinajstić information content (AvgIpc) is 3.23. The Morgan fingerprint density at radius 3 is 2.68 bits per heavy atom. The van der Waals surface area contributed by atoms with Crippen molar-refractivity contribution in [3.05, 3.63) is 28.5 Å². The van der Waals surface area contributed by atoms with E-state index in [1.165, 1.54) is 0 Å². The predicted molar refractivity (Wildman–Crippen MR) is 84.9 cm³/mol. The van der Waals surface area contributed by atoms with Gasteiger partial charge in [0.1, 0.15) is 0 Å². The van der Waals surface area contributed by atoms with Crippen LogP contribution in [0.3, 0.4) is 0 Å². The van der Waals surface area contributed by atoms with Gasteiger partial charge in [0.15, 0.2) is 0 Å². The molecule has 1 unspecified atom stereocenters. The van der Waals surface area contributed by atoms with Crippen molar-refractivity contribution in [2.45, 2.75) is 25.8 Å². The summed E-state index contributed by atoms with van der Waals surface area (Å²) in [5.41, 5.74) is 0.807. The Morgan fingerprint density at radius 2 is 2.05 bits per heavy atom. The number of hydrogen-bond donors (Lipinski definition) is 1. The van der Waals surface area contributed by atoms with E-state index in [0.29, 0.717) is 19.8 Å². The molecule has 1 N–H and O–H groups in total. The second-order valence-corrected chi connectivity index (χ2v) is 6.77. The highest BCUT2D eigenvalue weighted by molar-refractivity contribution is 9.10. The highest BCUT2D eigenvalue weighted by Gasteiger charge is 2.37. The minimum absolute atomic E-state index is 0.150. The molecule has 3 amide bonds. The van der Waals surface area contributed by atoms with Gasteiger partial charge in [-0.05, 0) is 47.8 Å². The first-order valence-electron chi connectivity index (χ1n) is 7.50. The molecule has 0 radical (unpaired) electrons. The van der Waals surface area contributed by atoms with E-state index in [4.69, 9.17) is 0 Å². The fourth-order valence-corrected chi connectivity index (χ4v) is 2.75. The van der Waals surface area contributed by atoms with Crippen LogP contribution in [0.5, 0.6) is 0 Å². The zero-order chi connectivity index (χ0) is 15.7. The van der Waals surface area contributed by atoms with Crippen LogP contribution in [0, 0.1) is 5.92 Å². The number of urea groups is 1. The SMILES string of the molecule is CC(NC(=O)N1CCN(C(=O)C2CC2)C1)c1ccc(Br)cn1. The molecule has 0 spiro atoms. The number of hydrogen-bond acceptors (Lipinski definition) is 3. The Kier molecular flexibility index (Phi) is 4.33. The number of nitrogens with one attached hydrogen (secondary N) is 1. The molecule has 2 heterocycles. The first-order valence-corrected chi connectivity index (χ1v) is 8.29. The van der Waals surface area contributed by atoms with Crippen LogP contribution in [0.15, 0.2) is 22.8 Å². The number of amides is 3. The number of aromatic nitrogens is 1. The summed E-state index contributed by atoms with van der Waals surface area (Å²) in [4.78, 5) is 32.0. The molecule has 3 rings (SSSR count). The van der Waals surface area contributed by atoms with E-state index in [1.807, 2.05) is 19.1 Å². The quantitative estimate of drug-likeness (QED) is 0.890. The first kappa shape index (κ1) is 15.3. The average molecular weight is 367 g/mol. The van der Waals surface area contributed by atoms with Crippen LogP contribution < -0.4 is 5.32 Å². The summed E-state index contributed by atoms with van der Waals surface area (Å²) in [7, 11) is 0. The highest BCUT2D eigenvalue weighted by Crippen LogP contribution is 2.31. The third-order valence-electron chi connectivity index (χ3n) is 4.04. The van der Waals surface area contributed by atoms with Gasteiger partial charge in [0.25, 0.3) is 0 Å². The van der Waals surface area contributed by atoms with Gasteiger partial charge in [-0.25, -0.2) is 4.79 Å². The molecule has 0 aromatic carbocycles. The van der Waals surface area contributed by atoms with Crippen LogP contribution in [0.1, 0.15) is 31.5 Å². The van der Waals surface area contributed by atoms with Crippen molar-refractivity contribution in [1.82, 2.24) is 20.1 Å². The van der Waals surface area contributed by atoms with Gasteiger partial charge < -0.3 is 15.1 Å². The molecule has 1 saturated carbocycles. The second kappa shape index (κ2) is 6.24. The van der Waals surface area contributed by atoms with Crippen molar-refractivity contribution in [3.8, 4) is 0 Å². The summed E-state index contributed by atoms with van der Waals surface area (Å²) in [6.45, 7) is 3.51. The fourth-order valence-electron chi connectivity index (χ4n) is 2.52. The van der Waals surface area contributed by atoms with Crippen molar-refractivity contribution in [3.63, 3.8) is 0 Å². The first-order chi connectivity index (χ1) is 10.5. The largest absolute Gasteiger partial charge is 0.330 e. The van der Waals surface area contributed by atoms with Gasteiger partial charge in [0.05, 0.1) is 18.4 Å². The summed E-state index contributed by atoms with van der Waals surface area (Å²) in [6.07, 6.45) is 3.70. The Balaban J connectivity index is 1.53. The van der Waals surface area contributed by atoms with Gasteiger partial charge in [-0.1, -0.05) is 0 Å². The minimum Gasteiger partial charge on any atom is -0.330 e. The lowest BCUT2D eigenvalue weighted by Gasteiger charge is -2.21. The van der Waals surface area contributed by atoms with Gasteiger partial charge >= 0.3 is 6.03 Å². The van der Waals surface area contributed by atoms with Gasteiger partial charge in [0, 0.05) is 29.7 Å². The summed E-state index contributed by atoms with van der Waals surface area (Å²) in [5.74, 6) is 0.395. The lowest BCUT2D eigenvalue weighted by Crippen LogP contribution is -2.41. The van der Waals surface area contributed by atoms with Crippen molar-refractivity contribution < 1.29 is 9.59 Å². The number of carbonyl (C=O) groups is 2. The van der Waals surface area contributed by atoms with Crippen LogP contribution in [0.2, 0.25) is 0 Å². The second-order valence-electron chi connectivity index (χ2n) is 5.85. The summed E-state index contributed by atoms with van der Waals surface area (Å²) in [6, 6.07) is 3.45. The molecule has 0 bridgehead atoms. The number of rotatable bonds is 3. The van der Waals surface area contributed by atoms with Crippen molar-refractivity contribution >= 4 is 27.9 Å². The van der Waals surface area contributed by atoms with E-state index in [-0.39, 0.29) is 23.9 Å². The molecule has 1 aromatic rings. The Morgan fingerprint density at radius 1 is 1.32 bits per heavy atom. The van der Waals surface area contributed by atoms with E-state index in [0.717, 1.165) is 23.0 Å². The van der Waals surface area contributed by atoms with Gasteiger partial charge in [-0.2, -0.15) is 0 Å².